The molecule has 0 saturated carbocycles. The van der Waals surface area contributed by atoms with Crippen molar-refractivity contribution in [2.45, 2.75) is 33.1 Å². The van der Waals surface area contributed by atoms with E-state index in [1.54, 1.807) is 12.3 Å². The molecule has 4 rings (SSSR count). The maximum Gasteiger partial charge on any atom is 0.145 e. The van der Waals surface area contributed by atoms with Crippen LogP contribution in [0.15, 0.2) is 54.9 Å². The van der Waals surface area contributed by atoms with E-state index in [2.05, 4.69) is 16.9 Å². The van der Waals surface area contributed by atoms with Crippen molar-refractivity contribution < 1.29 is 9.50 Å². The number of benzene rings is 2. The van der Waals surface area contributed by atoms with Crippen LogP contribution in [0.25, 0.3) is 10.9 Å². The third-order valence-corrected chi connectivity index (χ3v) is 6.70. The molecule has 0 aliphatic heterocycles. The van der Waals surface area contributed by atoms with Gasteiger partial charge in [-0.2, -0.15) is 0 Å². The number of aryl methyl sites for hydroxylation is 2. The van der Waals surface area contributed by atoms with Crippen LogP contribution in [0.5, 0.6) is 5.75 Å². The molecule has 2 atom stereocenters. The van der Waals surface area contributed by atoms with E-state index in [1.165, 1.54) is 12.3 Å². The Hall–Kier alpha value is -2.69. The van der Waals surface area contributed by atoms with Crippen LogP contribution >= 0.6 is 23.2 Å². The summed E-state index contributed by atoms with van der Waals surface area (Å²) < 4.78 is 13.6. The molecule has 4 aromatic rings. The second-order valence-corrected chi connectivity index (χ2v) is 9.09. The largest absolute Gasteiger partial charge is 0.505 e. The van der Waals surface area contributed by atoms with Gasteiger partial charge >= 0.3 is 0 Å². The third-order valence-electron chi connectivity index (χ3n) is 5.96. The van der Waals surface area contributed by atoms with Crippen LogP contribution in [0.2, 0.25) is 10.0 Å². The number of hydrogen-bond donors (Lipinski definition) is 1. The molecule has 2 aromatic carbocycles. The fraction of sp³-hybridized carbons (Fsp3) is 0.231. The molecular weight excluding hydrogens is 446 g/mol. The predicted molar refractivity (Wildman–Crippen MR) is 128 cm³/mol. The average molecular weight is 469 g/mol. The van der Waals surface area contributed by atoms with Gasteiger partial charge in [-0.05, 0) is 61.1 Å². The Balaban J connectivity index is 1.87. The smallest absolute Gasteiger partial charge is 0.145 e. The van der Waals surface area contributed by atoms with Crippen molar-refractivity contribution in [3.63, 3.8) is 0 Å². The summed E-state index contributed by atoms with van der Waals surface area (Å²) >= 11 is 13.0. The zero-order chi connectivity index (χ0) is 23.0. The number of halogens is 3. The maximum absolute atomic E-state index is 13.6. The van der Waals surface area contributed by atoms with Gasteiger partial charge in [-0.3, -0.25) is 9.97 Å². The van der Waals surface area contributed by atoms with E-state index in [0.29, 0.717) is 22.0 Å². The lowest BCUT2D eigenvalue weighted by molar-refractivity contribution is 0.445. The molecule has 0 spiro atoms. The molecule has 1 N–H and O–H groups in total. The van der Waals surface area contributed by atoms with Crippen LogP contribution in [0.4, 0.5) is 4.39 Å². The van der Waals surface area contributed by atoms with Crippen molar-refractivity contribution in [1.82, 2.24) is 9.97 Å². The Morgan fingerprint density at radius 1 is 0.969 bits per heavy atom. The van der Waals surface area contributed by atoms with Crippen molar-refractivity contribution in [1.29, 1.82) is 0 Å². The molecule has 32 heavy (non-hydrogen) atoms. The summed E-state index contributed by atoms with van der Waals surface area (Å²) in [5.41, 5.74) is 4.64. The van der Waals surface area contributed by atoms with E-state index in [-0.39, 0.29) is 23.4 Å². The highest BCUT2D eigenvalue weighted by molar-refractivity contribution is 6.35. The molecule has 6 heteroatoms. The minimum atomic E-state index is -0.356. The number of phenols is 1. The van der Waals surface area contributed by atoms with E-state index < -0.39 is 0 Å². The van der Waals surface area contributed by atoms with Gasteiger partial charge in [0, 0.05) is 38.8 Å². The summed E-state index contributed by atoms with van der Waals surface area (Å²) in [4.78, 5) is 8.69. The standard InChI is InChI=1S/C26H23Cl2FN2O/c1-14-10-20(22(28)12-21(14)27)24(16(3)11-23-15(2)9-18(29)13-31-23)19-7-6-17-5-4-8-30-25(17)26(19)32/h4-10,12-13,16,24,32H,11H2,1-3H3. The highest BCUT2D eigenvalue weighted by Crippen LogP contribution is 2.44. The topological polar surface area (TPSA) is 46.0 Å². The molecular formula is C26H23Cl2FN2O. The molecule has 0 aliphatic carbocycles. The molecule has 0 fully saturated rings. The summed E-state index contributed by atoms with van der Waals surface area (Å²) in [5, 5.41) is 13.2. The minimum absolute atomic E-state index is 0.0169. The van der Waals surface area contributed by atoms with Gasteiger partial charge in [0.2, 0.25) is 0 Å². The van der Waals surface area contributed by atoms with Crippen LogP contribution in [0.1, 0.15) is 40.8 Å². The fourth-order valence-electron chi connectivity index (χ4n) is 4.30. The second-order valence-electron chi connectivity index (χ2n) is 8.28. The molecule has 2 aromatic heterocycles. The zero-order valence-electron chi connectivity index (χ0n) is 18.0. The van der Waals surface area contributed by atoms with Crippen LogP contribution in [-0.4, -0.2) is 15.1 Å². The Kier molecular flexibility index (Phi) is 6.36. The van der Waals surface area contributed by atoms with Gasteiger partial charge in [0.25, 0.3) is 0 Å². The summed E-state index contributed by atoms with van der Waals surface area (Å²) in [6, 6.07) is 12.8. The number of aromatic hydroxyl groups is 1. The van der Waals surface area contributed by atoms with Crippen LogP contribution in [0, 0.1) is 25.6 Å². The quantitative estimate of drug-likeness (QED) is 0.331. The summed E-state index contributed by atoms with van der Waals surface area (Å²) in [6.45, 7) is 5.86. The lowest BCUT2D eigenvalue weighted by Crippen LogP contribution is -2.16. The molecule has 0 aliphatic rings. The van der Waals surface area contributed by atoms with Crippen molar-refractivity contribution >= 4 is 34.1 Å². The fourth-order valence-corrected chi connectivity index (χ4v) is 4.80. The van der Waals surface area contributed by atoms with E-state index in [1.807, 2.05) is 44.2 Å². The second kappa shape index (κ2) is 9.05. The molecule has 164 valence electrons. The molecule has 0 saturated heterocycles. The van der Waals surface area contributed by atoms with Gasteiger partial charge in [0.15, 0.2) is 0 Å². The zero-order valence-corrected chi connectivity index (χ0v) is 19.5. The van der Waals surface area contributed by atoms with Crippen molar-refractivity contribution in [2.75, 3.05) is 0 Å². The van der Waals surface area contributed by atoms with Gasteiger partial charge in [-0.15, -0.1) is 0 Å². The number of pyridine rings is 2. The first-order valence-corrected chi connectivity index (χ1v) is 11.1. The summed E-state index contributed by atoms with van der Waals surface area (Å²) in [5.74, 6) is -0.495. The maximum atomic E-state index is 13.6. The molecule has 0 radical (unpaired) electrons. The van der Waals surface area contributed by atoms with Gasteiger partial charge in [0.05, 0.1) is 6.20 Å². The minimum Gasteiger partial charge on any atom is -0.505 e. The first kappa shape index (κ1) is 22.5. The third kappa shape index (κ3) is 4.30. The van der Waals surface area contributed by atoms with E-state index in [9.17, 15) is 9.50 Å². The Morgan fingerprint density at radius 3 is 2.50 bits per heavy atom. The Morgan fingerprint density at radius 2 is 1.75 bits per heavy atom. The van der Waals surface area contributed by atoms with Crippen molar-refractivity contribution in [2.24, 2.45) is 5.92 Å². The van der Waals surface area contributed by atoms with Gasteiger partial charge in [0.1, 0.15) is 17.1 Å². The molecule has 2 unspecified atom stereocenters. The van der Waals surface area contributed by atoms with E-state index in [0.717, 1.165) is 33.3 Å². The van der Waals surface area contributed by atoms with E-state index >= 15 is 0 Å². The van der Waals surface area contributed by atoms with E-state index in [4.69, 9.17) is 23.2 Å². The van der Waals surface area contributed by atoms with Gasteiger partial charge < -0.3 is 5.11 Å². The number of fused-ring (bicyclic) bond motifs is 1. The summed E-state index contributed by atoms with van der Waals surface area (Å²) in [6.07, 6.45) is 3.48. The monoisotopic (exact) mass is 468 g/mol. The number of phenolic OH excluding ortho intramolecular Hbond substituents is 1. The molecule has 3 nitrogen and oxygen atoms in total. The molecule has 2 heterocycles. The van der Waals surface area contributed by atoms with Crippen molar-refractivity contribution in [3.8, 4) is 5.75 Å². The van der Waals surface area contributed by atoms with Crippen LogP contribution in [0.3, 0.4) is 0 Å². The molecule has 0 bridgehead atoms. The first-order chi connectivity index (χ1) is 15.3. The number of aromatic nitrogens is 2. The Bertz CT molecular complexity index is 1310. The highest BCUT2D eigenvalue weighted by atomic mass is 35.5. The lowest BCUT2D eigenvalue weighted by Gasteiger charge is -2.28. The van der Waals surface area contributed by atoms with Crippen LogP contribution < -0.4 is 0 Å². The van der Waals surface area contributed by atoms with Gasteiger partial charge in [-0.1, -0.05) is 54.4 Å². The SMILES string of the molecule is Cc1cc(C(c2ccc3cccnc3c2O)C(C)Cc2ncc(F)cc2C)c(Cl)cc1Cl. The number of nitrogens with zero attached hydrogens (tertiary/aromatic N) is 2. The summed E-state index contributed by atoms with van der Waals surface area (Å²) in [7, 11) is 0. The molecule has 0 amide bonds. The number of hydrogen-bond acceptors (Lipinski definition) is 3. The highest BCUT2D eigenvalue weighted by Gasteiger charge is 2.28. The Labute approximate surface area is 196 Å². The normalized spacial score (nSPS) is 13.3. The van der Waals surface area contributed by atoms with Crippen molar-refractivity contribution in [3.05, 3.63) is 98.7 Å². The van der Waals surface area contributed by atoms with Gasteiger partial charge in [-0.25, -0.2) is 4.39 Å². The lowest BCUT2D eigenvalue weighted by atomic mass is 9.78. The average Bonchev–Trinajstić information content (AvgIpc) is 2.75. The van der Waals surface area contributed by atoms with Crippen LogP contribution in [-0.2, 0) is 6.42 Å². The first-order valence-electron chi connectivity index (χ1n) is 10.4. The predicted octanol–water partition coefficient (Wildman–Crippen LogP) is 7.41. The number of rotatable bonds is 5.